The van der Waals surface area contributed by atoms with Crippen molar-refractivity contribution < 1.29 is 24.2 Å². The van der Waals surface area contributed by atoms with Crippen LogP contribution in [0.1, 0.15) is 43.7 Å². The minimum atomic E-state index is -1.01. The number of carbonyl (C=O) groups is 3. The topological polar surface area (TPSA) is 95.9 Å². The minimum absolute atomic E-state index is 0.0728. The molecule has 0 bridgehead atoms. The van der Waals surface area contributed by atoms with Gasteiger partial charge in [0.25, 0.3) is 0 Å². The highest BCUT2D eigenvalue weighted by Crippen LogP contribution is 2.44. The van der Waals surface area contributed by atoms with E-state index < -0.39 is 24.1 Å². The van der Waals surface area contributed by atoms with Gasteiger partial charge in [0.1, 0.15) is 18.7 Å². The van der Waals surface area contributed by atoms with E-state index in [9.17, 15) is 19.5 Å². The predicted octanol–water partition coefficient (Wildman–Crippen LogP) is 3.63. The van der Waals surface area contributed by atoms with Crippen molar-refractivity contribution in [1.82, 2.24) is 10.2 Å². The zero-order valence-electron chi connectivity index (χ0n) is 18.3. The molecule has 2 N–H and O–H groups in total. The van der Waals surface area contributed by atoms with E-state index >= 15 is 0 Å². The zero-order chi connectivity index (χ0) is 22.8. The highest BCUT2D eigenvalue weighted by atomic mass is 16.5. The highest BCUT2D eigenvalue weighted by Gasteiger charge is 2.39. The van der Waals surface area contributed by atoms with Gasteiger partial charge in [0.15, 0.2) is 0 Å². The fourth-order valence-corrected chi connectivity index (χ4v) is 4.75. The van der Waals surface area contributed by atoms with E-state index in [1.54, 1.807) is 0 Å². The predicted molar refractivity (Wildman–Crippen MR) is 119 cm³/mol. The summed E-state index contributed by atoms with van der Waals surface area (Å²) in [5.41, 5.74) is 4.50. The van der Waals surface area contributed by atoms with Crippen molar-refractivity contribution >= 4 is 18.0 Å². The van der Waals surface area contributed by atoms with Crippen molar-refractivity contribution in [2.75, 3.05) is 13.2 Å². The summed E-state index contributed by atoms with van der Waals surface area (Å²) >= 11 is 0. The maximum atomic E-state index is 13.0. The average molecular weight is 437 g/mol. The number of likely N-dealkylation sites (tertiary alicyclic amines) is 1. The van der Waals surface area contributed by atoms with Gasteiger partial charge in [-0.05, 0) is 41.0 Å². The molecule has 1 unspecified atom stereocenters. The molecule has 1 aliphatic carbocycles. The fourth-order valence-electron chi connectivity index (χ4n) is 4.75. The average Bonchev–Trinajstić information content (AvgIpc) is 3.39. The van der Waals surface area contributed by atoms with Gasteiger partial charge in [-0.25, -0.2) is 9.59 Å². The second-order valence-corrected chi connectivity index (χ2v) is 8.72. The van der Waals surface area contributed by atoms with Crippen LogP contribution in [0.15, 0.2) is 48.5 Å². The highest BCUT2D eigenvalue weighted by molar-refractivity contribution is 5.90. The van der Waals surface area contributed by atoms with E-state index in [0.717, 1.165) is 22.3 Å². The van der Waals surface area contributed by atoms with E-state index in [1.807, 2.05) is 50.2 Å². The normalized spacial score (nSPS) is 18.2. The molecule has 1 saturated heterocycles. The SMILES string of the molecule is CC(C)C(NC(=O)OCC1c2ccccc2-c2ccccc21)C(=O)N1CCC[C@@H]1C(=O)O. The third kappa shape index (κ3) is 4.07. The molecular weight excluding hydrogens is 408 g/mol. The van der Waals surface area contributed by atoms with Gasteiger partial charge >= 0.3 is 12.1 Å². The van der Waals surface area contributed by atoms with E-state index in [2.05, 4.69) is 17.4 Å². The lowest BCUT2D eigenvalue weighted by atomic mass is 9.98. The Hall–Kier alpha value is -3.35. The molecule has 168 valence electrons. The van der Waals surface area contributed by atoms with Crippen molar-refractivity contribution in [3.05, 3.63) is 59.7 Å². The molecule has 1 fully saturated rings. The van der Waals surface area contributed by atoms with E-state index in [-0.39, 0.29) is 24.3 Å². The number of benzene rings is 2. The van der Waals surface area contributed by atoms with Gasteiger partial charge in [-0.1, -0.05) is 62.4 Å². The van der Waals surface area contributed by atoms with Crippen LogP contribution < -0.4 is 5.32 Å². The Morgan fingerprint density at radius 3 is 2.22 bits per heavy atom. The Bertz CT molecular complexity index is 989. The van der Waals surface area contributed by atoms with Crippen LogP contribution in [-0.2, 0) is 14.3 Å². The molecule has 2 aromatic rings. The minimum Gasteiger partial charge on any atom is -0.480 e. The van der Waals surface area contributed by atoms with E-state index in [4.69, 9.17) is 4.74 Å². The molecule has 4 rings (SSSR count). The number of fused-ring (bicyclic) bond motifs is 3. The number of nitrogens with one attached hydrogen (secondary N) is 1. The summed E-state index contributed by atoms with van der Waals surface area (Å²) in [6.45, 7) is 4.17. The Morgan fingerprint density at radius 2 is 1.66 bits per heavy atom. The molecule has 1 aliphatic heterocycles. The number of carboxylic acid groups (broad SMARTS) is 1. The summed E-state index contributed by atoms with van der Waals surface area (Å²) in [6, 6.07) is 14.5. The first-order valence-electron chi connectivity index (χ1n) is 11.0. The number of hydrogen-bond acceptors (Lipinski definition) is 4. The fraction of sp³-hybridized carbons (Fsp3) is 0.400. The van der Waals surface area contributed by atoms with Gasteiger partial charge < -0.3 is 20.1 Å². The molecule has 32 heavy (non-hydrogen) atoms. The van der Waals surface area contributed by atoms with Crippen LogP contribution in [0.25, 0.3) is 11.1 Å². The molecule has 0 saturated carbocycles. The zero-order valence-corrected chi connectivity index (χ0v) is 18.3. The number of amides is 2. The Morgan fingerprint density at radius 1 is 1.06 bits per heavy atom. The van der Waals surface area contributed by atoms with Crippen LogP contribution in [0.5, 0.6) is 0 Å². The molecule has 2 aromatic carbocycles. The second-order valence-electron chi connectivity index (χ2n) is 8.72. The largest absolute Gasteiger partial charge is 0.480 e. The Labute approximate surface area is 187 Å². The monoisotopic (exact) mass is 436 g/mol. The van der Waals surface area contributed by atoms with Crippen molar-refractivity contribution in [3.8, 4) is 11.1 Å². The lowest BCUT2D eigenvalue weighted by Crippen LogP contribution is -2.53. The summed E-state index contributed by atoms with van der Waals surface area (Å²) in [5.74, 6) is -1.67. The third-order valence-electron chi connectivity index (χ3n) is 6.37. The van der Waals surface area contributed by atoms with Crippen LogP contribution in [-0.4, -0.2) is 53.2 Å². The van der Waals surface area contributed by atoms with Crippen molar-refractivity contribution in [2.45, 2.75) is 44.7 Å². The van der Waals surface area contributed by atoms with Crippen LogP contribution in [0.4, 0.5) is 4.79 Å². The number of aliphatic carboxylic acids is 1. The summed E-state index contributed by atoms with van der Waals surface area (Å²) in [5, 5.41) is 12.1. The Kier molecular flexibility index (Phi) is 6.17. The molecule has 2 amide bonds. The maximum Gasteiger partial charge on any atom is 0.407 e. The first kappa shape index (κ1) is 21.9. The van der Waals surface area contributed by atoms with Gasteiger partial charge in [0, 0.05) is 12.5 Å². The lowest BCUT2D eigenvalue weighted by Gasteiger charge is -2.29. The van der Waals surface area contributed by atoms with Gasteiger partial charge in [-0.3, -0.25) is 4.79 Å². The van der Waals surface area contributed by atoms with Crippen LogP contribution in [0.2, 0.25) is 0 Å². The second kappa shape index (κ2) is 9.02. The smallest absolute Gasteiger partial charge is 0.407 e. The number of alkyl carbamates (subject to hydrolysis) is 1. The van der Waals surface area contributed by atoms with E-state index in [0.29, 0.717) is 19.4 Å². The van der Waals surface area contributed by atoms with Gasteiger partial charge in [0.2, 0.25) is 5.91 Å². The summed E-state index contributed by atoms with van der Waals surface area (Å²) in [6.07, 6.45) is 0.389. The Balaban J connectivity index is 1.44. The molecule has 0 radical (unpaired) electrons. The molecule has 0 aromatic heterocycles. The van der Waals surface area contributed by atoms with Gasteiger partial charge in [-0.15, -0.1) is 0 Å². The maximum absolute atomic E-state index is 13.0. The summed E-state index contributed by atoms with van der Waals surface area (Å²) < 4.78 is 5.57. The third-order valence-corrected chi connectivity index (χ3v) is 6.37. The van der Waals surface area contributed by atoms with Crippen molar-refractivity contribution in [2.24, 2.45) is 5.92 Å². The van der Waals surface area contributed by atoms with Crippen LogP contribution in [0.3, 0.4) is 0 Å². The summed E-state index contributed by atoms with van der Waals surface area (Å²) in [7, 11) is 0. The quantitative estimate of drug-likeness (QED) is 0.721. The molecule has 7 nitrogen and oxygen atoms in total. The summed E-state index contributed by atoms with van der Waals surface area (Å²) in [4.78, 5) is 38.5. The van der Waals surface area contributed by atoms with E-state index in [1.165, 1.54) is 4.90 Å². The molecule has 2 atom stereocenters. The molecular formula is C25H28N2O5. The standard InChI is InChI=1S/C25H28N2O5/c1-15(2)22(23(28)27-13-7-12-21(27)24(29)30)26-25(31)32-14-20-18-10-5-3-8-16(18)17-9-4-6-11-19(17)20/h3-6,8-11,15,20-22H,7,12-14H2,1-2H3,(H,26,31)(H,29,30)/t21-,22?/m1/s1. The number of hydrogen-bond donors (Lipinski definition) is 2. The number of nitrogens with zero attached hydrogens (tertiary/aromatic N) is 1. The number of carbonyl (C=O) groups excluding carboxylic acids is 2. The molecule has 1 heterocycles. The van der Waals surface area contributed by atoms with Gasteiger partial charge in [0.05, 0.1) is 0 Å². The van der Waals surface area contributed by atoms with Crippen LogP contribution >= 0.6 is 0 Å². The molecule has 7 heteroatoms. The first-order valence-corrected chi connectivity index (χ1v) is 11.0. The van der Waals surface area contributed by atoms with Crippen molar-refractivity contribution in [3.63, 3.8) is 0 Å². The van der Waals surface area contributed by atoms with Crippen molar-refractivity contribution in [1.29, 1.82) is 0 Å². The lowest BCUT2D eigenvalue weighted by molar-refractivity contribution is -0.149. The van der Waals surface area contributed by atoms with Crippen LogP contribution in [0, 0.1) is 5.92 Å². The molecule has 0 spiro atoms. The number of carboxylic acids is 1. The number of rotatable bonds is 6. The van der Waals surface area contributed by atoms with Gasteiger partial charge in [-0.2, -0.15) is 0 Å². The molecule has 2 aliphatic rings. The first-order chi connectivity index (χ1) is 15.4. The number of ether oxygens (including phenoxy) is 1.